The molecule has 0 aliphatic carbocycles. The van der Waals surface area contributed by atoms with Crippen LogP contribution in [0, 0.1) is 6.92 Å². The van der Waals surface area contributed by atoms with E-state index in [9.17, 15) is 4.79 Å². The van der Waals surface area contributed by atoms with Gasteiger partial charge >= 0.3 is 0 Å². The highest BCUT2D eigenvalue weighted by atomic mass is 16.1. The Balaban J connectivity index is 1.95. The van der Waals surface area contributed by atoms with Crippen LogP contribution in [0.5, 0.6) is 0 Å². The van der Waals surface area contributed by atoms with Crippen LogP contribution in [0.15, 0.2) is 61.2 Å². The van der Waals surface area contributed by atoms with E-state index in [4.69, 9.17) is 0 Å². The molecule has 0 aliphatic heterocycles. The molecule has 1 aromatic carbocycles. The molecule has 0 spiro atoms. The third kappa shape index (κ3) is 2.93. The van der Waals surface area contributed by atoms with Crippen LogP contribution >= 0.6 is 0 Å². The van der Waals surface area contributed by atoms with Crippen molar-refractivity contribution in [3.63, 3.8) is 0 Å². The van der Waals surface area contributed by atoms with Crippen molar-refractivity contribution < 1.29 is 4.79 Å². The monoisotopic (exact) mass is 343 g/mol. The molecule has 6 nitrogen and oxygen atoms in total. The van der Waals surface area contributed by atoms with Crippen LogP contribution in [0.2, 0.25) is 0 Å². The quantitative estimate of drug-likeness (QED) is 0.615. The van der Waals surface area contributed by atoms with E-state index < -0.39 is 0 Å². The van der Waals surface area contributed by atoms with Crippen LogP contribution in [-0.2, 0) is 4.79 Å². The second kappa shape index (κ2) is 6.40. The molecule has 0 aliphatic rings. The summed E-state index contributed by atoms with van der Waals surface area (Å²) < 4.78 is 1.91. The maximum absolute atomic E-state index is 11.5. The van der Waals surface area contributed by atoms with Gasteiger partial charge in [-0.1, -0.05) is 18.2 Å². The molecule has 3 aromatic heterocycles. The number of imidazole rings is 1. The van der Waals surface area contributed by atoms with Crippen molar-refractivity contribution >= 4 is 22.5 Å². The number of pyridine rings is 2. The number of carbonyl (C=O) groups excluding carboxylic acids is 1. The van der Waals surface area contributed by atoms with Crippen LogP contribution in [0.1, 0.15) is 12.7 Å². The maximum Gasteiger partial charge on any atom is 0.222 e. The number of rotatable bonds is 3. The fraction of sp³-hybridized carbons (Fsp3) is 0.100. The lowest BCUT2D eigenvalue weighted by molar-refractivity contribution is -0.114. The van der Waals surface area contributed by atoms with Gasteiger partial charge < -0.3 is 5.32 Å². The Morgan fingerprint density at radius 3 is 2.69 bits per heavy atom. The largest absolute Gasteiger partial charge is 0.311 e. The van der Waals surface area contributed by atoms with E-state index in [0.717, 1.165) is 33.5 Å². The summed E-state index contributed by atoms with van der Waals surface area (Å²) in [6.45, 7) is 3.39. The van der Waals surface area contributed by atoms with Crippen molar-refractivity contribution in [2.24, 2.45) is 0 Å². The highest BCUT2D eigenvalue weighted by molar-refractivity contribution is 5.96. The summed E-state index contributed by atoms with van der Waals surface area (Å²) in [5.74, 6) is 1.92. The van der Waals surface area contributed by atoms with Crippen LogP contribution in [0.3, 0.4) is 0 Å². The van der Waals surface area contributed by atoms with Crippen molar-refractivity contribution in [1.82, 2.24) is 19.5 Å². The summed E-state index contributed by atoms with van der Waals surface area (Å²) in [6.07, 6.45) is 7.18. The van der Waals surface area contributed by atoms with Crippen LogP contribution in [0.25, 0.3) is 27.7 Å². The molecule has 1 N–H and O–H groups in total. The molecule has 0 unspecified atom stereocenters. The van der Waals surface area contributed by atoms with Gasteiger partial charge in [0, 0.05) is 42.7 Å². The number of anilines is 1. The normalized spacial score (nSPS) is 10.8. The number of carbonyl (C=O) groups is 1. The first-order valence-electron chi connectivity index (χ1n) is 8.25. The lowest BCUT2D eigenvalue weighted by atomic mass is 10.0. The molecule has 0 bridgehead atoms. The van der Waals surface area contributed by atoms with Gasteiger partial charge in [-0.2, -0.15) is 0 Å². The first kappa shape index (κ1) is 16.0. The lowest BCUT2D eigenvalue weighted by Crippen LogP contribution is -2.09. The zero-order valence-electron chi connectivity index (χ0n) is 14.5. The molecular weight excluding hydrogens is 326 g/mol. The number of nitrogens with one attached hydrogen (secondary N) is 1. The zero-order chi connectivity index (χ0) is 18.1. The van der Waals surface area contributed by atoms with E-state index in [0.29, 0.717) is 5.82 Å². The number of fused-ring (bicyclic) bond motifs is 1. The fourth-order valence-electron chi connectivity index (χ4n) is 2.98. The Hall–Kier alpha value is -3.54. The van der Waals surface area contributed by atoms with Crippen molar-refractivity contribution in [1.29, 1.82) is 0 Å². The van der Waals surface area contributed by atoms with Gasteiger partial charge in [0.2, 0.25) is 5.91 Å². The predicted octanol–water partition coefficient (Wildman–Crippen LogP) is 3.75. The minimum Gasteiger partial charge on any atom is -0.311 e. The molecule has 4 aromatic rings. The van der Waals surface area contributed by atoms with Crippen LogP contribution in [0.4, 0.5) is 5.82 Å². The summed E-state index contributed by atoms with van der Waals surface area (Å²) in [5, 5.41) is 4.74. The van der Waals surface area contributed by atoms with Crippen molar-refractivity contribution in [2.75, 3.05) is 5.32 Å². The first-order chi connectivity index (χ1) is 12.6. The average molecular weight is 343 g/mol. The highest BCUT2D eigenvalue weighted by Gasteiger charge is 2.12. The van der Waals surface area contributed by atoms with E-state index >= 15 is 0 Å². The number of hydrogen-bond donors (Lipinski definition) is 1. The second-order valence-corrected chi connectivity index (χ2v) is 6.03. The van der Waals surface area contributed by atoms with Gasteiger partial charge in [-0.05, 0) is 36.1 Å². The summed E-state index contributed by atoms with van der Waals surface area (Å²) in [7, 11) is 0. The predicted molar refractivity (Wildman–Crippen MR) is 101 cm³/mol. The molecule has 0 saturated carbocycles. The third-order valence-corrected chi connectivity index (χ3v) is 4.16. The Kier molecular flexibility index (Phi) is 3.93. The molecule has 1 amide bonds. The van der Waals surface area contributed by atoms with E-state index in [1.807, 2.05) is 48.1 Å². The van der Waals surface area contributed by atoms with Gasteiger partial charge in [-0.25, -0.2) is 9.97 Å². The highest BCUT2D eigenvalue weighted by Crippen LogP contribution is 2.29. The van der Waals surface area contributed by atoms with E-state index in [1.165, 1.54) is 6.92 Å². The average Bonchev–Trinajstić information content (AvgIpc) is 3.06. The topological polar surface area (TPSA) is 72.7 Å². The van der Waals surface area contributed by atoms with Gasteiger partial charge in [-0.15, -0.1) is 0 Å². The molecular formula is C20H17N5O. The number of aryl methyl sites for hydroxylation is 1. The van der Waals surface area contributed by atoms with Crippen LogP contribution in [-0.4, -0.2) is 25.4 Å². The molecule has 26 heavy (non-hydrogen) atoms. The van der Waals surface area contributed by atoms with Crippen molar-refractivity contribution in [3.8, 4) is 16.9 Å². The molecule has 4 rings (SSSR count). The van der Waals surface area contributed by atoms with E-state index in [-0.39, 0.29) is 5.91 Å². The van der Waals surface area contributed by atoms with Gasteiger partial charge in [0.1, 0.15) is 17.5 Å². The number of nitrogens with zero attached hydrogens (tertiary/aromatic N) is 4. The minimum absolute atomic E-state index is 0.159. The first-order valence-corrected chi connectivity index (χ1v) is 8.25. The summed E-state index contributed by atoms with van der Waals surface area (Å²) in [5.41, 5.74) is 2.09. The molecule has 0 fully saturated rings. The van der Waals surface area contributed by atoms with Gasteiger partial charge in [0.15, 0.2) is 0 Å². The van der Waals surface area contributed by atoms with Crippen molar-refractivity contribution in [2.45, 2.75) is 13.8 Å². The summed E-state index contributed by atoms with van der Waals surface area (Å²) in [4.78, 5) is 24.6. The Bertz CT molecular complexity index is 1100. The van der Waals surface area contributed by atoms with E-state index in [1.54, 1.807) is 12.4 Å². The fourth-order valence-corrected chi connectivity index (χ4v) is 2.98. The molecule has 0 atom stereocenters. The van der Waals surface area contributed by atoms with Crippen LogP contribution < -0.4 is 5.32 Å². The number of aromatic nitrogens is 4. The third-order valence-electron chi connectivity index (χ3n) is 4.16. The molecule has 6 heteroatoms. The number of amides is 1. The zero-order valence-corrected chi connectivity index (χ0v) is 14.5. The standard InChI is InChI=1S/C20H17N5O/c1-13-22-8-9-25(13)20-18-6-5-15(16-4-3-7-21-12-16)10-17(18)11-19(24-20)23-14(2)26/h3-12H,1-2H3,(H,23,24,26). The SMILES string of the molecule is CC(=O)Nc1cc2cc(-c3cccnc3)ccc2c(-n2ccnc2C)n1. The summed E-state index contributed by atoms with van der Waals surface area (Å²) in [6, 6.07) is 12.0. The second-order valence-electron chi connectivity index (χ2n) is 6.03. The Morgan fingerprint density at radius 2 is 2.00 bits per heavy atom. The number of hydrogen-bond acceptors (Lipinski definition) is 4. The Labute approximate surface area is 150 Å². The van der Waals surface area contributed by atoms with Crippen molar-refractivity contribution in [3.05, 3.63) is 67.0 Å². The number of benzene rings is 1. The maximum atomic E-state index is 11.5. The van der Waals surface area contributed by atoms with Gasteiger partial charge in [0.25, 0.3) is 0 Å². The van der Waals surface area contributed by atoms with Gasteiger partial charge in [-0.3, -0.25) is 14.3 Å². The molecule has 0 radical (unpaired) electrons. The molecule has 0 saturated heterocycles. The van der Waals surface area contributed by atoms with E-state index in [2.05, 4.69) is 32.4 Å². The molecule has 3 heterocycles. The summed E-state index contributed by atoms with van der Waals surface area (Å²) >= 11 is 0. The van der Waals surface area contributed by atoms with Gasteiger partial charge in [0.05, 0.1) is 0 Å². The molecule has 128 valence electrons. The lowest BCUT2D eigenvalue weighted by Gasteiger charge is -2.13. The smallest absolute Gasteiger partial charge is 0.222 e. The Morgan fingerprint density at radius 1 is 1.12 bits per heavy atom. The minimum atomic E-state index is -0.159.